The molecular weight excluding hydrogens is 376 g/mol. The molecule has 148 valence electrons. The van der Waals surface area contributed by atoms with Crippen molar-refractivity contribution in [2.75, 3.05) is 12.4 Å². The zero-order chi connectivity index (χ0) is 19.5. The zero-order valence-corrected chi connectivity index (χ0v) is 16.6. The highest BCUT2D eigenvalue weighted by atomic mass is 32.1. The zero-order valence-electron chi connectivity index (χ0n) is 15.8. The molecule has 2 aromatic rings. The van der Waals surface area contributed by atoms with Crippen LogP contribution in [0.2, 0.25) is 0 Å². The van der Waals surface area contributed by atoms with Gasteiger partial charge in [0.25, 0.3) is 5.91 Å². The van der Waals surface area contributed by atoms with Gasteiger partial charge in [-0.15, -0.1) is 0 Å². The summed E-state index contributed by atoms with van der Waals surface area (Å²) in [6.07, 6.45) is 8.90. The molecule has 3 N–H and O–H groups in total. The first-order valence-corrected chi connectivity index (χ1v) is 10.4. The van der Waals surface area contributed by atoms with Gasteiger partial charge in [0.2, 0.25) is 0 Å². The number of carbonyl (C=O) groups excluding carboxylic acids is 1. The second kappa shape index (κ2) is 8.28. The molecule has 2 atom stereocenters. The molecule has 2 aliphatic rings. The highest BCUT2D eigenvalue weighted by Crippen LogP contribution is 2.33. The lowest BCUT2D eigenvalue weighted by molar-refractivity contribution is 0.0957. The minimum Gasteiger partial charge on any atom is -0.462 e. The number of amides is 1. The van der Waals surface area contributed by atoms with Crippen LogP contribution in [0.25, 0.3) is 6.08 Å². The van der Waals surface area contributed by atoms with Gasteiger partial charge >= 0.3 is 0 Å². The Bertz CT molecular complexity index is 895. The Morgan fingerprint density at radius 2 is 2.18 bits per heavy atom. The van der Waals surface area contributed by atoms with E-state index in [4.69, 9.17) is 9.72 Å². The third kappa shape index (κ3) is 4.18. The van der Waals surface area contributed by atoms with Gasteiger partial charge in [-0.05, 0) is 31.4 Å². The largest absolute Gasteiger partial charge is 0.462 e. The molecular formula is C20H24N4O3S. The molecule has 0 spiro atoms. The summed E-state index contributed by atoms with van der Waals surface area (Å²) >= 11 is 1.59. The molecule has 28 heavy (non-hydrogen) atoms. The Balaban J connectivity index is 1.46. The molecule has 2 aromatic heterocycles. The van der Waals surface area contributed by atoms with Crippen molar-refractivity contribution in [3.8, 4) is 5.75 Å². The van der Waals surface area contributed by atoms with Crippen LogP contribution in [0.3, 0.4) is 0 Å². The fourth-order valence-electron chi connectivity index (χ4n) is 3.57. The summed E-state index contributed by atoms with van der Waals surface area (Å²) in [6, 6.07) is 3.47. The smallest absolute Gasteiger partial charge is 0.269 e. The van der Waals surface area contributed by atoms with Gasteiger partial charge in [-0.25, -0.2) is 4.98 Å². The van der Waals surface area contributed by atoms with E-state index < -0.39 is 0 Å². The molecule has 1 unspecified atom stereocenters. The molecule has 1 fully saturated rings. The van der Waals surface area contributed by atoms with E-state index in [1.165, 1.54) is 0 Å². The lowest BCUT2D eigenvalue weighted by Crippen LogP contribution is -2.36. The van der Waals surface area contributed by atoms with Crippen LogP contribution in [0.4, 0.5) is 5.13 Å². The van der Waals surface area contributed by atoms with Crippen LogP contribution in [0.5, 0.6) is 5.75 Å². The Morgan fingerprint density at radius 1 is 1.32 bits per heavy atom. The summed E-state index contributed by atoms with van der Waals surface area (Å²) in [5.74, 6) is 1.19. The van der Waals surface area contributed by atoms with Gasteiger partial charge in [-0.2, -0.15) is 0 Å². The van der Waals surface area contributed by atoms with E-state index in [0.717, 1.165) is 60.0 Å². The van der Waals surface area contributed by atoms with Crippen LogP contribution in [0, 0.1) is 0 Å². The van der Waals surface area contributed by atoms with Gasteiger partial charge in [-0.1, -0.05) is 24.2 Å². The van der Waals surface area contributed by atoms with E-state index in [0.29, 0.717) is 11.4 Å². The van der Waals surface area contributed by atoms with Gasteiger partial charge in [-0.3, -0.25) is 9.78 Å². The number of nitrogens with one attached hydrogen (secondary N) is 2. The number of aliphatic hydroxyl groups excluding tert-OH is 1. The Kier molecular flexibility index (Phi) is 5.59. The number of aromatic nitrogens is 2. The van der Waals surface area contributed by atoms with Crippen molar-refractivity contribution in [3.63, 3.8) is 0 Å². The predicted molar refractivity (Wildman–Crippen MR) is 109 cm³/mol. The molecule has 0 saturated heterocycles. The van der Waals surface area contributed by atoms with E-state index in [9.17, 15) is 9.90 Å². The van der Waals surface area contributed by atoms with Gasteiger partial charge in [0.05, 0.1) is 22.7 Å². The van der Waals surface area contributed by atoms with Gasteiger partial charge in [0, 0.05) is 25.7 Å². The SMILES string of the molecule is CNC(=O)c1cc(OC2=Cc3sc(N[C@@H]4CCCCC4O)nc3CC2)ccn1. The number of carbonyl (C=O) groups is 1. The van der Waals surface area contributed by atoms with E-state index in [-0.39, 0.29) is 18.1 Å². The molecule has 0 aromatic carbocycles. The molecule has 1 amide bonds. The fourth-order valence-corrected chi connectivity index (χ4v) is 4.60. The lowest BCUT2D eigenvalue weighted by atomic mass is 9.93. The summed E-state index contributed by atoms with van der Waals surface area (Å²) < 4.78 is 5.98. The average molecular weight is 401 g/mol. The van der Waals surface area contributed by atoms with Crippen LogP contribution < -0.4 is 15.4 Å². The van der Waals surface area contributed by atoms with Crippen molar-refractivity contribution < 1.29 is 14.6 Å². The van der Waals surface area contributed by atoms with Crippen LogP contribution in [0.15, 0.2) is 24.1 Å². The molecule has 8 heteroatoms. The molecule has 1 saturated carbocycles. The third-order valence-electron chi connectivity index (χ3n) is 5.11. The monoisotopic (exact) mass is 400 g/mol. The van der Waals surface area contributed by atoms with E-state index in [1.807, 2.05) is 6.08 Å². The number of hydrogen-bond donors (Lipinski definition) is 3. The summed E-state index contributed by atoms with van der Waals surface area (Å²) in [5, 5.41) is 17.0. The number of fused-ring (bicyclic) bond motifs is 1. The standard InChI is InChI=1S/C20H24N4O3S/c1-21-19(26)16-10-13(8-9-22-16)27-12-6-7-15-18(11-12)28-20(24-15)23-14-4-2-3-5-17(14)25/h8-11,14,17,25H,2-7H2,1H3,(H,21,26)(H,23,24)/t14-,17?/m1/s1. The second-order valence-electron chi connectivity index (χ2n) is 7.10. The minimum atomic E-state index is -0.301. The first-order chi connectivity index (χ1) is 13.6. The Labute approximate surface area is 167 Å². The Morgan fingerprint density at radius 3 is 3.00 bits per heavy atom. The summed E-state index contributed by atoms with van der Waals surface area (Å²) in [5.41, 5.74) is 1.39. The maximum Gasteiger partial charge on any atom is 0.269 e. The van der Waals surface area contributed by atoms with Gasteiger partial charge < -0.3 is 20.5 Å². The summed E-state index contributed by atoms with van der Waals surface area (Å²) in [4.78, 5) is 21.6. The number of ether oxygens (including phenoxy) is 1. The number of pyridine rings is 1. The number of allylic oxidation sites excluding steroid dienone is 1. The average Bonchev–Trinajstić information content (AvgIpc) is 3.11. The fraction of sp³-hybridized carbons (Fsp3) is 0.450. The number of anilines is 1. The Hall–Kier alpha value is -2.45. The van der Waals surface area contributed by atoms with Crippen molar-refractivity contribution >= 4 is 28.5 Å². The van der Waals surface area contributed by atoms with Crippen LogP contribution >= 0.6 is 11.3 Å². The van der Waals surface area contributed by atoms with E-state index >= 15 is 0 Å². The van der Waals surface area contributed by atoms with Crippen molar-refractivity contribution in [2.24, 2.45) is 0 Å². The minimum absolute atomic E-state index is 0.0843. The molecule has 4 rings (SSSR count). The second-order valence-corrected chi connectivity index (χ2v) is 8.13. The first-order valence-electron chi connectivity index (χ1n) is 9.63. The molecule has 0 aliphatic heterocycles. The predicted octanol–water partition coefficient (Wildman–Crippen LogP) is 2.98. The number of thiazole rings is 1. The molecule has 2 aliphatic carbocycles. The highest BCUT2D eigenvalue weighted by molar-refractivity contribution is 7.16. The molecule has 2 heterocycles. The number of rotatable bonds is 5. The normalized spacial score (nSPS) is 21.4. The van der Waals surface area contributed by atoms with Gasteiger partial charge in [0.1, 0.15) is 17.2 Å². The number of aryl methyl sites for hydroxylation is 1. The number of nitrogens with zero attached hydrogens (tertiary/aromatic N) is 2. The van der Waals surface area contributed by atoms with Crippen molar-refractivity contribution in [3.05, 3.63) is 40.4 Å². The van der Waals surface area contributed by atoms with Crippen LogP contribution in [-0.4, -0.2) is 40.2 Å². The van der Waals surface area contributed by atoms with Crippen molar-refractivity contribution in [1.82, 2.24) is 15.3 Å². The topological polar surface area (TPSA) is 96.4 Å². The maximum atomic E-state index is 11.7. The quantitative estimate of drug-likeness (QED) is 0.714. The van der Waals surface area contributed by atoms with Gasteiger partial charge in [0.15, 0.2) is 5.13 Å². The first kappa shape index (κ1) is 18.9. The lowest BCUT2D eigenvalue weighted by Gasteiger charge is -2.28. The van der Waals surface area contributed by atoms with Crippen molar-refractivity contribution in [2.45, 2.75) is 50.7 Å². The van der Waals surface area contributed by atoms with Crippen molar-refractivity contribution in [1.29, 1.82) is 0 Å². The molecule has 0 radical (unpaired) electrons. The van der Waals surface area contributed by atoms with E-state index in [2.05, 4.69) is 15.6 Å². The number of aliphatic hydroxyl groups is 1. The maximum absolute atomic E-state index is 11.7. The number of hydrogen-bond acceptors (Lipinski definition) is 7. The molecule has 7 nitrogen and oxygen atoms in total. The highest BCUT2D eigenvalue weighted by Gasteiger charge is 2.25. The molecule has 0 bridgehead atoms. The summed E-state index contributed by atoms with van der Waals surface area (Å²) in [6.45, 7) is 0. The summed E-state index contributed by atoms with van der Waals surface area (Å²) in [7, 11) is 1.57. The third-order valence-corrected chi connectivity index (χ3v) is 6.08. The van der Waals surface area contributed by atoms with E-state index in [1.54, 1.807) is 36.7 Å². The van der Waals surface area contributed by atoms with Crippen LogP contribution in [-0.2, 0) is 6.42 Å². The van der Waals surface area contributed by atoms with Crippen LogP contribution in [0.1, 0.15) is 53.2 Å².